The quantitative estimate of drug-likeness (QED) is 0.762. The third kappa shape index (κ3) is 2.13. The van der Waals surface area contributed by atoms with Crippen molar-refractivity contribution in [1.82, 2.24) is 0 Å². The molecule has 0 saturated heterocycles. The fourth-order valence-electron chi connectivity index (χ4n) is 0.909. The summed E-state index contributed by atoms with van der Waals surface area (Å²) in [4.78, 5) is 1.14. The number of nitrogens with zero attached hydrogens (tertiary/aromatic N) is 1. The van der Waals surface area contributed by atoms with Gasteiger partial charge in [0.2, 0.25) is 0 Å². The molecule has 0 saturated carbocycles. The summed E-state index contributed by atoms with van der Waals surface area (Å²) in [5, 5.41) is 9.22. The number of hydrogen-bond acceptors (Lipinski definition) is 3. The minimum absolute atomic E-state index is 0.588. The standard InChI is InChI=1S/C8H9ClN2S/c9-3-1-2-7-4-6(5-10)8(11)12-7/h4H,1-3,11H2. The molecule has 0 aromatic carbocycles. The minimum atomic E-state index is 0.588. The van der Waals surface area contributed by atoms with Gasteiger partial charge < -0.3 is 5.73 Å². The average molecular weight is 201 g/mol. The van der Waals surface area contributed by atoms with E-state index in [2.05, 4.69) is 0 Å². The zero-order valence-corrected chi connectivity index (χ0v) is 8.08. The Bertz CT molecular complexity index is 300. The molecule has 0 unspecified atom stereocenters. The first-order valence-electron chi connectivity index (χ1n) is 3.62. The molecule has 1 aromatic rings. The number of nitriles is 1. The number of hydrogen-bond donors (Lipinski definition) is 1. The van der Waals surface area contributed by atoms with Crippen molar-refractivity contribution in [3.63, 3.8) is 0 Å². The zero-order valence-electron chi connectivity index (χ0n) is 6.51. The molecule has 1 rings (SSSR count). The number of alkyl halides is 1. The maximum absolute atomic E-state index is 8.61. The van der Waals surface area contributed by atoms with Crippen LogP contribution in [-0.4, -0.2) is 5.88 Å². The van der Waals surface area contributed by atoms with E-state index >= 15 is 0 Å². The van der Waals surface area contributed by atoms with Crippen molar-refractivity contribution in [3.05, 3.63) is 16.5 Å². The van der Waals surface area contributed by atoms with Gasteiger partial charge in [-0.1, -0.05) is 0 Å². The highest BCUT2D eigenvalue weighted by molar-refractivity contribution is 7.16. The number of nitrogens with two attached hydrogens (primary N) is 1. The van der Waals surface area contributed by atoms with Crippen molar-refractivity contribution in [2.24, 2.45) is 0 Å². The van der Waals surface area contributed by atoms with Crippen LogP contribution in [0.4, 0.5) is 5.00 Å². The lowest BCUT2D eigenvalue weighted by Gasteiger charge is -1.89. The molecule has 0 radical (unpaired) electrons. The van der Waals surface area contributed by atoms with Gasteiger partial charge in [0.25, 0.3) is 0 Å². The third-order valence-electron chi connectivity index (χ3n) is 1.49. The van der Waals surface area contributed by atoms with E-state index in [4.69, 9.17) is 22.6 Å². The molecule has 0 aliphatic carbocycles. The molecule has 0 atom stereocenters. The van der Waals surface area contributed by atoms with E-state index in [1.54, 1.807) is 0 Å². The Morgan fingerprint density at radius 1 is 1.67 bits per heavy atom. The lowest BCUT2D eigenvalue weighted by Crippen LogP contribution is -1.80. The molecule has 1 heterocycles. The van der Waals surface area contributed by atoms with E-state index in [9.17, 15) is 0 Å². The Labute approximate surface area is 80.6 Å². The molecule has 0 aliphatic heterocycles. The first-order chi connectivity index (χ1) is 5.77. The van der Waals surface area contributed by atoms with Gasteiger partial charge in [-0.05, 0) is 18.9 Å². The maximum atomic E-state index is 8.61. The number of aryl methyl sites for hydroxylation is 1. The molecule has 4 heteroatoms. The van der Waals surface area contributed by atoms with Crippen LogP contribution >= 0.6 is 22.9 Å². The Morgan fingerprint density at radius 3 is 2.92 bits per heavy atom. The van der Waals surface area contributed by atoms with Crippen molar-refractivity contribution in [2.75, 3.05) is 11.6 Å². The zero-order chi connectivity index (χ0) is 8.97. The molecule has 12 heavy (non-hydrogen) atoms. The SMILES string of the molecule is N#Cc1cc(CCCCl)sc1N. The molecule has 0 bridgehead atoms. The summed E-state index contributed by atoms with van der Waals surface area (Å²) in [6, 6.07) is 3.88. The van der Waals surface area contributed by atoms with Crippen LogP contribution in [0, 0.1) is 11.3 Å². The van der Waals surface area contributed by atoms with Crippen LogP contribution in [0.2, 0.25) is 0 Å². The van der Waals surface area contributed by atoms with E-state index in [0.717, 1.165) is 17.7 Å². The van der Waals surface area contributed by atoms with Gasteiger partial charge in [-0.3, -0.25) is 0 Å². The van der Waals surface area contributed by atoms with Crippen LogP contribution in [0.3, 0.4) is 0 Å². The fourth-order valence-corrected chi connectivity index (χ4v) is 1.96. The summed E-state index contributed by atoms with van der Waals surface area (Å²) < 4.78 is 0. The van der Waals surface area contributed by atoms with Gasteiger partial charge >= 0.3 is 0 Å². The lowest BCUT2D eigenvalue weighted by atomic mass is 10.2. The molecule has 1 aromatic heterocycles. The van der Waals surface area contributed by atoms with Gasteiger partial charge in [-0.15, -0.1) is 22.9 Å². The van der Waals surface area contributed by atoms with Gasteiger partial charge in [0.05, 0.1) is 5.56 Å². The van der Waals surface area contributed by atoms with Gasteiger partial charge in [-0.25, -0.2) is 0 Å². The highest BCUT2D eigenvalue weighted by atomic mass is 35.5. The monoisotopic (exact) mass is 200 g/mol. The minimum Gasteiger partial charge on any atom is -0.389 e. The summed E-state index contributed by atoms with van der Waals surface area (Å²) in [7, 11) is 0. The third-order valence-corrected chi connectivity index (χ3v) is 2.78. The number of thiophene rings is 1. The van der Waals surface area contributed by atoms with Crippen LogP contribution in [0.15, 0.2) is 6.07 Å². The Morgan fingerprint density at radius 2 is 2.42 bits per heavy atom. The second-order valence-electron chi connectivity index (χ2n) is 2.39. The van der Waals surface area contributed by atoms with Crippen LogP contribution in [-0.2, 0) is 6.42 Å². The number of nitrogen functional groups attached to an aromatic ring is 1. The van der Waals surface area contributed by atoms with Gasteiger partial charge in [0, 0.05) is 10.8 Å². The van der Waals surface area contributed by atoms with Crippen LogP contribution in [0.25, 0.3) is 0 Å². The van der Waals surface area contributed by atoms with Crippen LogP contribution in [0.1, 0.15) is 16.9 Å². The van der Waals surface area contributed by atoms with Crippen molar-refractivity contribution < 1.29 is 0 Å². The van der Waals surface area contributed by atoms with Gasteiger partial charge in [0.1, 0.15) is 11.1 Å². The second-order valence-corrected chi connectivity index (χ2v) is 3.94. The highest BCUT2D eigenvalue weighted by Crippen LogP contribution is 2.25. The van der Waals surface area contributed by atoms with Gasteiger partial charge in [-0.2, -0.15) is 5.26 Å². The largest absolute Gasteiger partial charge is 0.389 e. The molecule has 0 spiro atoms. The molecular formula is C8H9ClN2S. The summed E-state index contributed by atoms with van der Waals surface area (Å²) >= 11 is 7.02. The Balaban J connectivity index is 2.70. The number of rotatable bonds is 3. The first-order valence-corrected chi connectivity index (χ1v) is 4.97. The smallest absolute Gasteiger partial charge is 0.104 e. The van der Waals surface area contributed by atoms with Gasteiger partial charge in [0.15, 0.2) is 0 Å². The summed E-state index contributed by atoms with van der Waals surface area (Å²) in [5.74, 6) is 0.652. The van der Waals surface area contributed by atoms with Crippen molar-refractivity contribution in [1.29, 1.82) is 5.26 Å². The predicted molar refractivity (Wildman–Crippen MR) is 52.5 cm³/mol. The Hall–Kier alpha value is -0.720. The summed E-state index contributed by atoms with van der Waals surface area (Å²) in [6.45, 7) is 0. The molecule has 0 aliphatic rings. The summed E-state index contributed by atoms with van der Waals surface area (Å²) in [6.07, 6.45) is 1.85. The fraction of sp³-hybridized carbons (Fsp3) is 0.375. The van der Waals surface area contributed by atoms with E-state index in [1.807, 2.05) is 12.1 Å². The molecule has 2 N–H and O–H groups in total. The molecule has 0 amide bonds. The van der Waals surface area contributed by atoms with Crippen molar-refractivity contribution in [2.45, 2.75) is 12.8 Å². The summed E-state index contributed by atoms with van der Waals surface area (Å²) in [5.41, 5.74) is 6.17. The average Bonchev–Trinajstić information content (AvgIpc) is 2.43. The van der Waals surface area contributed by atoms with Crippen LogP contribution in [0.5, 0.6) is 0 Å². The van der Waals surface area contributed by atoms with E-state index in [0.29, 0.717) is 16.4 Å². The van der Waals surface area contributed by atoms with E-state index < -0.39 is 0 Å². The van der Waals surface area contributed by atoms with E-state index in [-0.39, 0.29) is 0 Å². The lowest BCUT2D eigenvalue weighted by molar-refractivity contribution is 0.947. The number of halogens is 1. The molecule has 2 nitrogen and oxygen atoms in total. The second kappa shape index (κ2) is 4.34. The van der Waals surface area contributed by atoms with Crippen molar-refractivity contribution in [3.8, 4) is 6.07 Å². The maximum Gasteiger partial charge on any atom is 0.104 e. The van der Waals surface area contributed by atoms with E-state index in [1.165, 1.54) is 11.3 Å². The molecular weight excluding hydrogens is 192 g/mol. The number of anilines is 1. The topological polar surface area (TPSA) is 49.8 Å². The first kappa shape index (κ1) is 9.37. The molecule has 0 fully saturated rings. The van der Waals surface area contributed by atoms with Crippen LogP contribution < -0.4 is 5.73 Å². The van der Waals surface area contributed by atoms with Crippen molar-refractivity contribution >= 4 is 27.9 Å². The Kier molecular flexibility index (Phi) is 3.39. The predicted octanol–water partition coefficient (Wildman–Crippen LogP) is 2.37. The highest BCUT2D eigenvalue weighted by Gasteiger charge is 2.04. The molecule has 64 valence electrons. The normalized spacial score (nSPS) is 9.67.